The van der Waals surface area contributed by atoms with Gasteiger partial charge in [0.2, 0.25) is 5.91 Å². The fourth-order valence-electron chi connectivity index (χ4n) is 2.77. The SMILES string of the molecule is CC(C)(C)OC(=O)N1CCC[C@@H]1CN1CC(O)CC1=O. The molecule has 6 heteroatoms. The molecule has 0 radical (unpaired) electrons. The zero-order chi connectivity index (χ0) is 14.9. The summed E-state index contributed by atoms with van der Waals surface area (Å²) in [5, 5.41) is 9.50. The molecule has 2 amide bonds. The molecule has 2 heterocycles. The molecule has 1 unspecified atom stereocenters. The van der Waals surface area contributed by atoms with Gasteiger partial charge in [0.1, 0.15) is 5.60 Å². The fraction of sp³-hybridized carbons (Fsp3) is 0.857. The monoisotopic (exact) mass is 284 g/mol. The number of nitrogens with zero attached hydrogens (tertiary/aromatic N) is 2. The minimum absolute atomic E-state index is 0.000833. The van der Waals surface area contributed by atoms with Crippen LogP contribution in [-0.4, -0.2) is 64.3 Å². The van der Waals surface area contributed by atoms with Crippen molar-refractivity contribution in [2.24, 2.45) is 0 Å². The maximum absolute atomic E-state index is 12.1. The van der Waals surface area contributed by atoms with Gasteiger partial charge < -0.3 is 19.6 Å². The Labute approximate surface area is 119 Å². The van der Waals surface area contributed by atoms with E-state index in [2.05, 4.69) is 0 Å². The van der Waals surface area contributed by atoms with E-state index in [1.165, 1.54) is 0 Å². The Morgan fingerprint density at radius 1 is 1.45 bits per heavy atom. The first kappa shape index (κ1) is 15.1. The van der Waals surface area contributed by atoms with Gasteiger partial charge in [0.05, 0.1) is 18.6 Å². The minimum atomic E-state index is -0.570. The third kappa shape index (κ3) is 3.62. The number of rotatable bonds is 2. The molecule has 20 heavy (non-hydrogen) atoms. The highest BCUT2D eigenvalue weighted by Crippen LogP contribution is 2.23. The maximum Gasteiger partial charge on any atom is 0.410 e. The lowest BCUT2D eigenvalue weighted by atomic mass is 10.2. The van der Waals surface area contributed by atoms with Crippen molar-refractivity contribution >= 4 is 12.0 Å². The zero-order valence-electron chi connectivity index (χ0n) is 12.5. The summed E-state index contributed by atoms with van der Waals surface area (Å²) in [6.45, 7) is 7.07. The highest BCUT2D eigenvalue weighted by atomic mass is 16.6. The molecule has 0 aromatic carbocycles. The average molecular weight is 284 g/mol. The standard InChI is InChI=1S/C14H24N2O4/c1-14(2,3)20-13(19)16-6-4-5-10(16)8-15-9-11(17)7-12(15)18/h10-11,17H,4-9H2,1-3H3/t10-,11?/m1/s1. The molecule has 2 aliphatic heterocycles. The lowest BCUT2D eigenvalue weighted by molar-refractivity contribution is -0.128. The molecule has 2 rings (SSSR count). The zero-order valence-corrected chi connectivity index (χ0v) is 12.5. The predicted molar refractivity (Wildman–Crippen MR) is 73.2 cm³/mol. The van der Waals surface area contributed by atoms with Gasteiger partial charge in [0.15, 0.2) is 0 Å². The summed E-state index contributed by atoms with van der Waals surface area (Å²) in [5.41, 5.74) is -0.510. The number of ether oxygens (including phenoxy) is 1. The molecular formula is C14H24N2O4. The third-order valence-electron chi connectivity index (χ3n) is 3.63. The smallest absolute Gasteiger partial charge is 0.410 e. The lowest BCUT2D eigenvalue weighted by Gasteiger charge is -2.30. The fourth-order valence-corrected chi connectivity index (χ4v) is 2.77. The first-order valence-corrected chi connectivity index (χ1v) is 7.22. The number of likely N-dealkylation sites (tertiary alicyclic amines) is 2. The second kappa shape index (κ2) is 5.60. The van der Waals surface area contributed by atoms with E-state index >= 15 is 0 Å². The molecule has 1 N–H and O–H groups in total. The maximum atomic E-state index is 12.1. The minimum Gasteiger partial charge on any atom is -0.444 e. The summed E-state index contributed by atoms with van der Waals surface area (Å²) in [7, 11) is 0. The number of hydrogen-bond donors (Lipinski definition) is 1. The van der Waals surface area contributed by atoms with Crippen LogP contribution in [0, 0.1) is 0 Å². The van der Waals surface area contributed by atoms with E-state index in [0.717, 1.165) is 12.8 Å². The second-order valence-corrected chi connectivity index (χ2v) is 6.63. The van der Waals surface area contributed by atoms with E-state index in [1.54, 1.807) is 9.80 Å². The molecule has 0 aromatic heterocycles. The van der Waals surface area contributed by atoms with Crippen LogP contribution >= 0.6 is 0 Å². The van der Waals surface area contributed by atoms with Crippen molar-refractivity contribution in [1.82, 2.24) is 9.80 Å². The number of β-amino-alcohol motifs (C(OH)–C–C–N with tert-alkyl or cyclic N) is 1. The van der Waals surface area contributed by atoms with Crippen molar-refractivity contribution in [3.05, 3.63) is 0 Å². The van der Waals surface area contributed by atoms with Gasteiger partial charge in [0, 0.05) is 19.6 Å². The van der Waals surface area contributed by atoms with Crippen LogP contribution in [0.2, 0.25) is 0 Å². The van der Waals surface area contributed by atoms with Gasteiger partial charge in [-0.15, -0.1) is 0 Å². The van der Waals surface area contributed by atoms with Crippen LogP contribution in [0.25, 0.3) is 0 Å². The third-order valence-corrected chi connectivity index (χ3v) is 3.63. The van der Waals surface area contributed by atoms with Crippen LogP contribution in [0.3, 0.4) is 0 Å². The first-order valence-electron chi connectivity index (χ1n) is 7.22. The number of hydrogen-bond acceptors (Lipinski definition) is 4. The molecule has 0 aromatic rings. The molecule has 0 saturated carbocycles. The quantitative estimate of drug-likeness (QED) is 0.820. The van der Waals surface area contributed by atoms with Crippen LogP contribution < -0.4 is 0 Å². The molecule has 2 saturated heterocycles. The molecule has 0 spiro atoms. The van der Waals surface area contributed by atoms with Gasteiger partial charge in [-0.05, 0) is 33.6 Å². The summed E-state index contributed by atoms with van der Waals surface area (Å²) in [6, 6.07) is -0.000833. The lowest BCUT2D eigenvalue weighted by Crippen LogP contribution is -2.45. The Morgan fingerprint density at radius 2 is 2.15 bits per heavy atom. The van der Waals surface area contributed by atoms with Crippen molar-refractivity contribution in [3.8, 4) is 0 Å². The van der Waals surface area contributed by atoms with E-state index in [4.69, 9.17) is 4.74 Å². The molecular weight excluding hydrogens is 260 g/mol. The number of aliphatic hydroxyl groups excluding tert-OH is 1. The Hall–Kier alpha value is -1.30. The second-order valence-electron chi connectivity index (χ2n) is 6.63. The van der Waals surface area contributed by atoms with E-state index in [9.17, 15) is 14.7 Å². The Kier molecular flexibility index (Phi) is 4.22. The predicted octanol–water partition coefficient (Wildman–Crippen LogP) is 0.979. The summed E-state index contributed by atoms with van der Waals surface area (Å²) in [4.78, 5) is 27.2. The number of carbonyl (C=O) groups excluding carboxylic acids is 2. The van der Waals surface area contributed by atoms with Gasteiger partial charge >= 0.3 is 6.09 Å². The normalized spacial score (nSPS) is 27.3. The molecule has 2 fully saturated rings. The molecule has 2 aliphatic rings. The van der Waals surface area contributed by atoms with E-state index in [1.807, 2.05) is 20.8 Å². The Balaban J connectivity index is 1.94. The largest absolute Gasteiger partial charge is 0.444 e. The van der Waals surface area contributed by atoms with Gasteiger partial charge in [-0.2, -0.15) is 0 Å². The van der Waals surface area contributed by atoms with Crippen molar-refractivity contribution < 1.29 is 19.4 Å². The summed E-state index contributed by atoms with van der Waals surface area (Å²) in [6.07, 6.45) is 1.11. The average Bonchev–Trinajstić information content (AvgIpc) is 2.84. The van der Waals surface area contributed by atoms with Crippen LogP contribution in [0.1, 0.15) is 40.0 Å². The summed E-state index contributed by atoms with van der Waals surface area (Å²) >= 11 is 0. The molecule has 114 valence electrons. The summed E-state index contributed by atoms with van der Waals surface area (Å²) in [5.74, 6) is -0.0338. The van der Waals surface area contributed by atoms with Crippen LogP contribution in [-0.2, 0) is 9.53 Å². The molecule has 6 nitrogen and oxygen atoms in total. The molecule has 0 bridgehead atoms. The number of aliphatic hydroxyl groups is 1. The van der Waals surface area contributed by atoms with Crippen molar-refractivity contribution in [1.29, 1.82) is 0 Å². The van der Waals surface area contributed by atoms with Gasteiger partial charge in [-0.3, -0.25) is 4.79 Å². The van der Waals surface area contributed by atoms with Crippen LogP contribution in [0.5, 0.6) is 0 Å². The highest BCUT2D eigenvalue weighted by molar-refractivity contribution is 5.79. The Morgan fingerprint density at radius 3 is 2.70 bits per heavy atom. The van der Waals surface area contributed by atoms with E-state index in [0.29, 0.717) is 19.6 Å². The van der Waals surface area contributed by atoms with E-state index in [-0.39, 0.29) is 24.5 Å². The number of carbonyl (C=O) groups is 2. The van der Waals surface area contributed by atoms with Gasteiger partial charge in [-0.25, -0.2) is 4.79 Å². The summed E-state index contributed by atoms with van der Waals surface area (Å²) < 4.78 is 5.40. The van der Waals surface area contributed by atoms with Crippen molar-refractivity contribution in [2.45, 2.75) is 57.8 Å². The topological polar surface area (TPSA) is 70.1 Å². The Bertz CT molecular complexity index is 391. The van der Waals surface area contributed by atoms with Crippen molar-refractivity contribution in [3.63, 3.8) is 0 Å². The van der Waals surface area contributed by atoms with Gasteiger partial charge in [0.25, 0.3) is 0 Å². The van der Waals surface area contributed by atoms with Crippen LogP contribution in [0.4, 0.5) is 4.79 Å². The first-order chi connectivity index (χ1) is 9.26. The highest BCUT2D eigenvalue weighted by Gasteiger charge is 2.36. The number of amides is 2. The van der Waals surface area contributed by atoms with Gasteiger partial charge in [-0.1, -0.05) is 0 Å². The van der Waals surface area contributed by atoms with Crippen LogP contribution in [0.15, 0.2) is 0 Å². The van der Waals surface area contributed by atoms with Crippen molar-refractivity contribution in [2.75, 3.05) is 19.6 Å². The molecule has 0 aliphatic carbocycles. The molecule has 2 atom stereocenters. The van der Waals surface area contributed by atoms with E-state index < -0.39 is 11.7 Å².